The Labute approximate surface area is 91.7 Å². The van der Waals surface area contributed by atoms with E-state index in [0.29, 0.717) is 6.04 Å². The van der Waals surface area contributed by atoms with Gasteiger partial charge in [-0.3, -0.25) is 4.98 Å². The summed E-state index contributed by atoms with van der Waals surface area (Å²) in [5.41, 5.74) is 1.97. The molecule has 0 fully saturated rings. The number of aryl methyl sites for hydroxylation is 2. The molecule has 0 saturated heterocycles. The summed E-state index contributed by atoms with van der Waals surface area (Å²) in [5.74, 6) is 0.854. The molecule has 4 nitrogen and oxygen atoms in total. The molecule has 1 rings (SSSR count). The van der Waals surface area contributed by atoms with E-state index in [0.717, 1.165) is 23.8 Å². The van der Waals surface area contributed by atoms with Crippen LogP contribution in [0.1, 0.15) is 18.3 Å². The molecule has 1 heterocycles. The minimum Gasteiger partial charge on any atom is -0.367 e. The summed E-state index contributed by atoms with van der Waals surface area (Å²) in [5, 5.41) is 3.28. The summed E-state index contributed by atoms with van der Waals surface area (Å²) >= 11 is 0. The first-order chi connectivity index (χ1) is 7.00. The lowest BCUT2D eigenvalue weighted by Gasteiger charge is -2.20. The second-order valence-corrected chi connectivity index (χ2v) is 4.12. The van der Waals surface area contributed by atoms with E-state index in [9.17, 15) is 0 Å². The summed E-state index contributed by atoms with van der Waals surface area (Å²) in [4.78, 5) is 10.8. The van der Waals surface area contributed by atoms with Gasteiger partial charge in [0.15, 0.2) is 0 Å². The van der Waals surface area contributed by atoms with Crippen molar-refractivity contribution in [1.82, 2.24) is 14.9 Å². The Balaban J connectivity index is 2.55. The molecule has 1 unspecified atom stereocenters. The molecule has 0 aliphatic heterocycles. The number of nitrogens with zero attached hydrogens (tertiary/aromatic N) is 3. The van der Waals surface area contributed by atoms with Crippen molar-refractivity contribution in [2.45, 2.75) is 26.8 Å². The topological polar surface area (TPSA) is 41.1 Å². The van der Waals surface area contributed by atoms with Crippen molar-refractivity contribution in [2.24, 2.45) is 0 Å². The fourth-order valence-corrected chi connectivity index (χ4v) is 1.06. The molecule has 1 atom stereocenters. The van der Waals surface area contributed by atoms with Gasteiger partial charge >= 0.3 is 0 Å². The van der Waals surface area contributed by atoms with E-state index in [1.54, 1.807) is 6.20 Å². The van der Waals surface area contributed by atoms with Crippen LogP contribution in [0.25, 0.3) is 0 Å². The van der Waals surface area contributed by atoms with Crippen LogP contribution >= 0.6 is 0 Å². The van der Waals surface area contributed by atoms with E-state index in [2.05, 4.69) is 41.2 Å². The summed E-state index contributed by atoms with van der Waals surface area (Å²) < 4.78 is 0. The molecule has 84 valence electrons. The maximum Gasteiger partial charge on any atom is 0.144 e. The monoisotopic (exact) mass is 208 g/mol. The Hall–Kier alpha value is -1.16. The van der Waals surface area contributed by atoms with Crippen LogP contribution in [0.15, 0.2) is 6.20 Å². The summed E-state index contributed by atoms with van der Waals surface area (Å²) in [6, 6.07) is 0.480. The molecule has 0 saturated carbocycles. The molecule has 1 aromatic heterocycles. The number of hydrogen-bond acceptors (Lipinski definition) is 4. The van der Waals surface area contributed by atoms with Gasteiger partial charge in [-0.15, -0.1) is 0 Å². The van der Waals surface area contributed by atoms with Crippen LogP contribution < -0.4 is 5.32 Å². The average Bonchev–Trinajstić information content (AvgIpc) is 2.19. The van der Waals surface area contributed by atoms with Gasteiger partial charge in [-0.05, 0) is 34.9 Å². The number of hydrogen-bond donors (Lipinski definition) is 1. The summed E-state index contributed by atoms with van der Waals surface area (Å²) in [7, 11) is 4.14. The standard InChI is InChI=1S/C11H20N4/c1-8(15(4)5)6-13-11-7-12-9(2)10(3)14-11/h7-8H,6H2,1-5H3,(H,13,14). The molecule has 1 N–H and O–H groups in total. The minimum absolute atomic E-state index is 0.480. The van der Waals surface area contributed by atoms with Gasteiger partial charge in [-0.1, -0.05) is 0 Å². The SMILES string of the molecule is Cc1ncc(NCC(C)N(C)C)nc1C. The van der Waals surface area contributed by atoms with Crippen molar-refractivity contribution in [3.05, 3.63) is 17.6 Å². The highest BCUT2D eigenvalue weighted by Gasteiger charge is 2.05. The highest BCUT2D eigenvalue weighted by molar-refractivity contribution is 5.33. The fourth-order valence-electron chi connectivity index (χ4n) is 1.06. The Bertz CT molecular complexity index is 322. The first-order valence-corrected chi connectivity index (χ1v) is 5.21. The van der Waals surface area contributed by atoms with Gasteiger partial charge in [-0.25, -0.2) is 4.98 Å². The molecule has 0 radical (unpaired) electrons. The molecule has 4 heteroatoms. The summed E-state index contributed by atoms with van der Waals surface area (Å²) in [6.45, 7) is 6.99. The van der Waals surface area contributed by atoms with E-state index >= 15 is 0 Å². The highest BCUT2D eigenvalue weighted by atomic mass is 15.1. The van der Waals surface area contributed by atoms with Crippen molar-refractivity contribution in [3.63, 3.8) is 0 Å². The zero-order valence-corrected chi connectivity index (χ0v) is 10.2. The normalized spacial score (nSPS) is 12.9. The highest BCUT2D eigenvalue weighted by Crippen LogP contribution is 2.05. The largest absolute Gasteiger partial charge is 0.367 e. The number of nitrogens with one attached hydrogen (secondary N) is 1. The van der Waals surface area contributed by atoms with E-state index in [1.807, 2.05) is 13.8 Å². The Kier molecular flexibility index (Phi) is 4.03. The third-order valence-corrected chi connectivity index (χ3v) is 2.65. The number of likely N-dealkylation sites (N-methyl/N-ethyl adjacent to an activating group) is 1. The van der Waals surface area contributed by atoms with Gasteiger partial charge in [0.05, 0.1) is 17.6 Å². The number of rotatable bonds is 4. The quantitative estimate of drug-likeness (QED) is 0.813. The zero-order valence-electron chi connectivity index (χ0n) is 10.2. The number of anilines is 1. The molecule has 1 aromatic rings. The smallest absolute Gasteiger partial charge is 0.144 e. The third kappa shape index (κ3) is 3.47. The second-order valence-electron chi connectivity index (χ2n) is 4.12. The zero-order chi connectivity index (χ0) is 11.4. The van der Waals surface area contributed by atoms with Crippen molar-refractivity contribution in [3.8, 4) is 0 Å². The molecule has 15 heavy (non-hydrogen) atoms. The maximum atomic E-state index is 4.41. The first kappa shape index (κ1) is 11.9. The lowest BCUT2D eigenvalue weighted by Crippen LogP contribution is -2.31. The number of aromatic nitrogens is 2. The van der Waals surface area contributed by atoms with Crippen molar-refractivity contribution in [2.75, 3.05) is 26.0 Å². The van der Waals surface area contributed by atoms with Crippen molar-refractivity contribution >= 4 is 5.82 Å². The van der Waals surface area contributed by atoms with Gasteiger partial charge in [0.1, 0.15) is 5.82 Å². The second kappa shape index (κ2) is 5.07. The molecular weight excluding hydrogens is 188 g/mol. The predicted octanol–water partition coefficient (Wildman–Crippen LogP) is 1.46. The van der Waals surface area contributed by atoms with Crippen LogP contribution in [-0.2, 0) is 0 Å². The molecule has 0 aromatic carbocycles. The van der Waals surface area contributed by atoms with Gasteiger partial charge in [0, 0.05) is 12.6 Å². The van der Waals surface area contributed by atoms with Gasteiger partial charge in [0.2, 0.25) is 0 Å². The van der Waals surface area contributed by atoms with E-state index < -0.39 is 0 Å². The van der Waals surface area contributed by atoms with Crippen LogP contribution in [0.4, 0.5) is 5.82 Å². The Morgan fingerprint density at radius 1 is 1.33 bits per heavy atom. The van der Waals surface area contributed by atoms with Gasteiger partial charge in [0.25, 0.3) is 0 Å². The molecule has 0 aliphatic carbocycles. The van der Waals surface area contributed by atoms with Crippen molar-refractivity contribution < 1.29 is 0 Å². The van der Waals surface area contributed by atoms with E-state index in [1.165, 1.54) is 0 Å². The Morgan fingerprint density at radius 3 is 2.53 bits per heavy atom. The predicted molar refractivity (Wildman–Crippen MR) is 63.1 cm³/mol. The molecule has 0 amide bonds. The first-order valence-electron chi connectivity index (χ1n) is 5.21. The lowest BCUT2D eigenvalue weighted by atomic mass is 10.3. The van der Waals surface area contributed by atoms with Crippen LogP contribution in [-0.4, -0.2) is 41.5 Å². The van der Waals surface area contributed by atoms with Crippen LogP contribution in [0, 0.1) is 13.8 Å². The van der Waals surface area contributed by atoms with E-state index in [-0.39, 0.29) is 0 Å². The Morgan fingerprint density at radius 2 is 2.00 bits per heavy atom. The van der Waals surface area contributed by atoms with Gasteiger partial charge < -0.3 is 10.2 Å². The van der Waals surface area contributed by atoms with Crippen LogP contribution in [0.2, 0.25) is 0 Å². The average molecular weight is 208 g/mol. The molecule has 0 spiro atoms. The summed E-state index contributed by atoms with van der Waals surface area (Å²) in [6.07, 6.45) is 1.78. The lowest BCUT2D eigenvalue weighted by molar-refractivity contribution is 0.326. The maximum absolute atomic E-state index is 4.41. The third-order valence-electron chi connectivity index (χ3n) is 2.65. The molecule has 0 aliphatic rings. The minimum atomic E-state index is 0.480. The fraction of sp³-hybridized carbons (Fsp3) is 0.636. The van der Waals surface area contributed by atoms with Crippen molar-refractivity contribution in [1.29, 1.82) is 0 Å². The van der Waals surface area contributed by atoms with E-state index in [4.69, 9.17) is 0 Å². The van der Waals surface area contributed by atoms with Crippen LogP contribution in [0.3, 0.4) is 0 Å². The molecule has 0 bridgehead atoms. The van der Waals surface area contributed by atoms with Crippen LogP contribution in [0.5, 0.6) is 0 Å². The van der Waals surface area contributed by atoms with Gasteiger partial charge in [-0.2, -0.15) is 0 Å². The molecular formula is C11H20N4.